The topological polar surface area (TPSA) is 139 Å². The van der Waals surface area contributed by atoms with Crippen molar-refractivity contribution in [3.05, 3.63) is 143 Å². The minimum Gasteiger partial charge on any atom is -0.497 e. The second kappa shape index (κ2) is 18.8. The molecule has 4 heterocycles. The minimum atomic E-state index is -0.402. The van der Waals surface area contributed by atoms with Crippen LogP contribution in [0.25, 0.3) is 11.1 Å². The van der Waals surface area contributed by atoms with E-state index < -0.39 is 12.1 Å². The number of aliphatic imine (C=N–C) groups is 2. The number of methoxy groups -OCH3 is 6. The van der Waals surface area contributed by atoms with E-state index in [1.165, 1.54) is 0 Å². The Morgan fingerprint density at radius 2 is 0.924 bits per heavy atom. The normalized spacial score (nSPS) is 17.5. The van der Waals surface area contributed by atoms with E-state index in [2.05, 4.69) is 12.2 Å². The Bertz CT molecular complexity index is 2610. The standard InChI is InChI=1S/C52H50N4O10/c1-59-37-14-10-33(11-15-37)35-18-20-55-43(23-35)49(63-5)53-41-27-47(45(61-3)25-39(41)51(55)57)65-29-31-8-7-9-32(22-31)30-66-48-28-42-40(26-46(48)62-4)52(58)56-21-19-36(24-44(56)50(54-42)64-6)34-12-16-38(60-2)17-13-34/h7-19,22,25-28,43-44H,20-21,23-24,29-30H2,1-6H3/t43-,44-/m0/s1. The zero-order chi connectivity index (χ0) is 45.9. The van der Waals surface area contributed by atoms with Crippen molar-refractivity contribution in [1.29, 1.82) is 0 Å². The lowest BCUT2D eigenvalue weighted by Crippen LogP contribution is -2.46. The summed E-state index contributed by atoms with van der Waals surface area (Å²) >= 11 is 0. The number of amides is 2. The van der Waals surface area contributed by atoms with Crippen molar-refractivity contribution in [3.8, 4) is 34.5 Å². The maximum absolute atomic E-state index is 14.1. The third kappa shape index (κ3) is 8.49. The molecule has 0 saturated heterocycles. The van der Waals surface area contributed by atoms with Gasteiger partial charge in [0.2, 0.25) is 11.8 Å². The van der Waals surface area contributed by atoms with Crippen LogP contribution in [-0.2, 0) is 22.7 Å². The van der Waals surface area contributed by atoms with Gasteiger partial charge in [-0.05, 0) is 75.9 Å². The van der Waals surface area contributed by atoms with Crippen molar-refractivity contribution < 1.29 is 47.5 Å². The van der Waals surface area contributed by atoms with Crippen LogP contribution in [0.2, 0.25) is 0 Å². The third-order valence-corrected chi connectivity index (χ3v) is 12.3. The Hall–Kier alpha value is -7.74. The first-order valence-corrected chi connectivity index (χ1v) is 21.5. The van der Waals surface area contributed by atoms with E-state index in [0.717, 1.165) is 44.9 Å². The van der Waals surface area contributed by atoms with Gasteiger partial charge in [0.25, 0.3) is 11.8 Å². The van der Waals surface area contributed by atoms with Gasteiger partial charge < -0.3 is 47.7 Å². The van der Waals surface area contributed by atoms with Crippen molar-refractivity contribution in [3.63, 3.8) is 0 Å². The number of rotatable bonds is 12. The molecule has 0 N–H and O–H groups in total. The fourth-order valence-corrected chi connectivity index (χ4v) is 8.81. The number of carbonyl (C=O) groups is 2. The summed E-state index contributed by atoms with van der Waals surface area (Å²) in [6.45, 7) is 1.15. The lowest BCUT2D eigenvalue weighted by Gasteiger charge is -2.34. The van der Waals surface area contributed by atoms with Gasteiger partial charge in [0.15, 0.2) is 23.0 Å². The predicted molar refractivity (Wildman–Crippen MR) is 250 cm³/mol. The second-order valence-corrected chi connectivity index (χ2v) is 16.0. The summed E-state index contributed by atoms with van der Waals surface area (Å²) < 4.78 is 46.6. The molecular formula is C52H50N4O10. The molecule has 0 radical (unpaired) electrons. The first-order chi connectivity index (χ1) is 32.2. The average Bonchev–Trinajstić information content (AvgIpc) is 3.56. The average molecular weight is 891 g/mol. The van der Waals surface area contributed by atoms with Gasteiger partial charge in [0.05, 0.1) is 65.2 Å². The summed E-state index contributed by atoms with van der Waals surface area (Å²) in [6, 6.07) is 29.6. The molecule has 0 aliphatic carbocycles. The Morgan fingerprint density at radius 1 is 0.500 bits per heavy atom. The van der Waals surface area contributed by atoms with Crippen molar-refractivity contribution in [1.82, 2.24) is 9.80 Å². The van der Waals surface area contributed by atoms with Crippen LogP contribution in [0.4, 0.5) is 11.4 Å². The van der Waals surface area contributed by atoms with E-state index in [4.69, 9.17) is 47.9 Å². The lowest BCUT2D eigenvalue weighted by atomic mass is 9.93. The molecule has 9 rings (SSSR count). The highest BCUT2D eigenvalue weighted by molar-refractivity contribution is 6.07. The summed E-state index contributed by atoms with van der Waals surface area (Å²) in [5.41, 5.74) is 7.66. The molecule has 4 aliphatic rings. The monoisotopic (exact) mass is 890 g/mol. The van der Waals surface area contributed by atoms with E-state index in [9.17, 15) is 9.59 Å². The summed E-state index contributed by atoms with van der Waals surface area (Å²) in [5, 5.41) is 0. The van der Waals surface area contributed by atoms with Gasteiger partial charge in [0, 0.05) is 38.1 Å². The number of nitrogens with zero attached hydrogens (tertiary/aromatic N) is 4. The molecule has 5 aromatic carbocycles. The number of fused-ring (bicyclic) bond motifs is 4. The van der Waals surface area contributed by atoms with Crippen LogP contribution >= 0.6 is 0 Å². The van der Waals surface area contributed by atoms with Gasteiger partial charge in [-0.3, -0.25) is 9.59 Å². The van der Waals surface area contributed by atoms with E-state index in [0.29, 0.717) is 83.2 Å². The summed E-state index contributed by atoms with van der Waals surface area (Å²) in [7, 11) is 9.51. The molecular weight excluding hydrogens is 841 g/mol. The smallest absolute Gasteiger partial charge is 0.257 e. The number of carbonyl (C=O) groups excluding carboxylic acids is 2. The molecule has 0 unspecified atom stereocenters. The molecule has 0 spiro atoms. The molecule has 5 aromatic rings. The van der Waals surface area contributed by atoms with Gasteiger partial charge >= 0.3 is 0 Å². The highest BCUT2D eigenvalue weighted by atomic mass is 16.5. The quantitative estimate of drug-likeness (QED) is 0.119. The van der Waals surface area contributed by atoms with E-state index >= 15 is 0 Å². The van der Waals surface area contributed by atoms with Crippen LogP contribution in [0.3, 0.4) is 0 Å². The van der Waals surface area contributed by atoms with Gasteiger partial charge in [-0.25, -0.2) is 9.98 Å². The number of hydrogen-bond donors (Lipinski definition) is 0. The second-order valence-electron chi connectivity index (χ2n) is 16.0. The van der Waals surface area contributed by atoms with Crippen molar-refractivity contribution in [2.75, 3.05) is 55.7 Å². The lowest BCUT2D eigenvalue weighted by molar-refractivity contribution is 0.0725. The van der Waals surface area contributed by atoms with Crippen LogP contribution in [0.5, 0.6) is 34.5 Å². The van der Waals surface area contributed by atoms with Crippen molar-refractivity contribution in [2.45, 2.75) is 38.1 Å². The molecule has 338 valence electrons. The maximum atomic E-state index is 14.1. The Balaban J connectivity index is 0.903. The number of benzene rings is 5. The molecule has 66 heavy (non-hydrogen) atoms. The van der Waals surface area contributed by atoms with Crippen molar-refractivity contribution >= 4 is 46.1 Å². The summed E-state index contributed by atoms with van der Waals surface area (Å²) in [5.74, 6) is 3.71. The predicted octanol–water partition coefficient (Wildman–Crippen LogP) is 8.86. The molecule has 0 saturated carbocycles. The zero-order valence-corrected chi connectivity index (χ0v) is 37.7. The van der Waals surface area contributed by atoms with E-state index in [1.807, 2.05) is 72.8 Å². The highest BCUT2D eigenvalue weighted by Gasteiger charge is 2.39. The highest BCUT2D eigenvalue weighted by Crippen LogP contribution is 2.42. The SMILES string of the molecule is COC1=Nc2cc(OCc3cccc(COc4cc5c(cc4OC)C(=O)N4CC=C(c6ccc(OC)cc6)C[C@H]4C(OC)=N5)c3)c(OC)cc2C(=O)N2CC=C(c3ccc(OC)cc3)C[C@@H]12. The third-order valence-electron chi connectivity index (χ3n) is 12.3. The molecule has 0 bridgehead atoms. The maximum Gasteiger partial charge on any atom is 0.257 e. The van der Waals surface area contributed by atoms with E-state index in [-0.39, 0.29) is 25.0 Å². The molecule has 4 aliphatic heterocycles. The fraction of sp³-hybridized carbons (Fsp3) is 0.269. The minimum absolute atomic E-state index is 0.176. The van der Waals surface area contributed by atoms with Crippen LogP contribution in [0.15, 0.2) is 119 Å². The summed E-state index contributed by atoms with van der Waals surface area (Å²) in [4.78, 5) is 41.6. The molecule has 14 nitrogen and oxygen atoms in total. The summed E-state index contributed by atoms with van der Waals surface area (Å²) in [6.07, 6.45) is 5.21. The van der Waals surface area contributed by atoms with Crippen LogP contribution in [0, 0.1) is 0 Å². The Labute approximate surface area is 383 Å². The molecule has 14 heteroatoms. The first-order valence-electron chi connectivity index (χ1n) is 21.5. The Kier molecular flexibility index (Phi) is 12.4. The largest absolute Gasteiger partial charge is 0.497 e. The molecule has 2 atom stereocenters. The van der Waals surface area contributed by atoms with Gasteiger partial charge in [-0.1, -0.05) is 54.6 Å². The zero-order valence-electron chi connectivity index (χ0n) is 37.7. The van der Waals surface area contributed by atoms with Crippen molar-refractivity contribution in [2.24, 2.45) is 9.98 Å². The molecule has 0 aromatic heterocycles. The van der Waals surface area contributed by atoms with Crippen LogP contribution in [-0.4, -0.2) is 101 Å². The van der Waals surface area contributed by atoms with E-state index in [1.54, 1.807) is 76.7 Å². The molecule has 0 fully saturated rings. The van der Waals surface area contributed by atoms with Gasteiger partial charge in [-0.15, -0.1) is 0 Å². The van der Waals surface area contributed by atoms with Gasteiger partial charge in [0.1, 0.15) is 36.8 Å². The Morgan fingerprint density at radius 3 is 1.30 bits per heavy atom. The van der Waals surface area contributed by atoms with Crippen LogP contribution in [0.1, 0.15) is 55.8 Å². The molecule has 2 amide bonds. The number of ether oxygens (including phenoxy) is 8. The van der Waals surface area contributed by atoms with Crippen LogP contribution < -0.4 is 28.4 Å². The van der Waals surface area contributed by atoms with Gasteiger partial charge in [-0.2, -0.15) is 0 Å². The fourth-order valence-electron chi connectivity index (χ4n) is 8.81. The number of hydrogen-bond acceptors (Lipinski definition) is 12. The first kappa shape index (κ1) is 43.5.